The van der Waals surface area contributed by atoms with Crippen LogP contribution in [0.25, 0.3) is 0 Å². The number of likely N-dealkylation sites (N-methyl/N-ethyl adjacent to an activating group) is 1. The van der Waals surface area contributed by atoms with Crippen molar-refractivity contribution in [3.8, 4) is 0 Å². The van der Waals surface area contributed by atoms with Crippen LogP contribution in [-0.4, -0.2) is 49.1 Å². The number of halogens is 1. The first-order valence-corrected chi connectivity index (χ1v) is 7.31. The monoisotopic (exact) mass is 311 g/mol. The van der Waals surface area contributed by atoms with Crippen molar-refractivity contribution in [2.75, 3.05) is 33.2 Å². The van der Waals surface area contributed by atoms with Gasteiger partial charge in [0, 0.05) is 42.7 Å². The van der Waals surface area contributed by atoms with Crippen LogP contribution in [0.2, 0.25) is 0 Å². The summed E-state index contributed by atoms with van der Waals surface area (Å²) in [6, 6.07) is 9.47. The van der Waals surface area contributed by atoms with Gasteiger partial charge in [0.2, 0.25) is 0 Å². The number of hydrogen-bond acceptors (Lipinski definition) is 3. The van der Waals surface area contributed by atoms with Gasteiger partial charge in [-0.25, -0.2) is 0 Å². The Bertz CT molecular complexity index is 379. The molecule has 1 aliphatic heterocycles. The van der Waals surface area contributed by atoms with E-state index in [1.54, 1.807) is 0 Å². The topological polar surface area (TPSA) is 32.5 Å². The lowest BCUT2D eigenvalue weighted by molar-refractivity contribution is 0.0741. The summed E-state index contributed by atoms with van der Waals surface area (Å²) in [7, 11) is 2.19. The van der Waals surface area contributed by atoms with Gasteiger partial charge in [-0.2, -0.15) is 0 Å². The van der Waals surface area contributed by atoms with Crippen LogP contribution in [0, 0.1) is 0 Å². The number of rotatable bonds is 3. The Labute approximate surface area is 118 Å². The summed E-state index contributed by atoms with van der Waals surface area (Å²) in [4.78, 5) is 4.92. The molecule has 100 valence electrons. The maximum atomic E-state index is 5.99. The van der Waals surface area contributed by atoms with Crippen LogP contribution in [0.5, 0.6) is 0 Å². The second-order valence-corrected chi connectivity index (χ2v) is 6.04. The average molecular weight is 312 g/mol. The largest absolute Gasteiger partial charge is 0.329 e. The molecule has 4 heteroatoms. The van der Waals surface area contributed by atoms with Crippen molar-refractivity contribution in [2.45, 2.75) is 19.0 Å². The maximum Gasteiger partial charge on any atom is 0.0471 e. The minimum Gasteiger partial charge on any atom is -0.329 e. The van der Waals surface area contributed by atoms with Crippen LogP contribution < -0.4 is 5.73 Å². The Kier molecular flexibility index (Phi) is 4.78. The molecule has 0 amide bonds. The molecule has 1 aromatic carbocycles. The summed E-state index contributed by atoms with van der Waals surface area (Å²) in [5, 5.41) is 0. The molecule has 1 fully saturated rings. The van der Waals surface area contributed by atoms with Crippen LogP contribution >= 0.6 is 15.9 Å². The summed E-state index contributed by atoms with van der Waals surface area (Å²) in [5.41, 5.74) is 7.30. The molecule has 18 heavy (non-hydrogen) atoms. The third-order valence-electron chi connectivity index (χ3n) is 3.91. The number of nitrogens with two attached hydrogens (primary N) is 1. The second kappa shape index (κ2) is 6.15. The second-order valence-electron chi connectivity index (χ2n) is 5.13. The van der Waals surface area contributed by atoms with Crippen LogP contribution in [0.15, 0.2) is 28.7 Å². The number of piperazine rings is 1. The Morgan fingerprint density at radius 1 is 1.33 bits per heavy atom. The van der Waals surface area contributed by atoms with E-state index in [1.165, 1.54) is 5.56 Å². The highest BCUT2D eigenvalue weighted by Gasteiger charge is 2.26. The number of benzene rings is 1. The molecule has 0 aromatic heterocycles. The highest BCUT2D eigenvalue weighted by atomic mass is 79.9. The summed E-state index contributed by atoms with van der Waals surface area (Å²) in [6.07, 6.45) is 0. The molecule has 0 aliphatic carbocycles. The maximum absolute atomic E-state index is 5.99. The van der Waals surface area contributed by atoms with Gasteiger partial charge in [-0.3, -0.25) is 4.90 Å². The summed E-state index contributed by atoms with van der Waals surface area (Å²) < 4.78 is 1.12. The molecule has 1 aliphatic rings. The molecule has 0 radical (unpaired) electrons. The zero-order valence-corrected chi connectivity index (χ0v) is 12.7. The fourth-order valence-corrected chi connectivity index (χ4v) is 2.80. The Hall–Kier alpha value is -0.420. The van der Waals surface area contributed by atoms with E-state index in [2.05, 4.69) is 64.0 Å². The SMILES string of the molecule is CC1CN(C(CN)c2ccc(Br)cc2)CCN1C. The van der Waals surface area contributed by atoms with E-state index in [1.807, 2.05) is 0 Å². The molecule has 2 unspecified atom stereocenters. The highest BCUT2D eigenvalue weighted by molar-refractivity contribution is 9.10. The summed E-state index contributed by atoms with van der Waals surface area (Å²) in [6.45, 7) is 6.26. The van der Waals surface area contributed by atoms with Gasteiger partial charge in [-0.05, 0) is 31.7 Å². The summed E-state index contributed by atoms with van der Waals surface area (Å²) in [5.74, 6) is 0. The molecule has 1 aromatic rings. The molecule has 0 bridgehead atoms. The van der Waals surface area contributed by atoms with E-state index in [9.17, 15) is 0 Å². The van der Waals surface area contributed by atoms with E-state index in [0.717, 1.165) is 24.1 Å². The van der Waals surface area contributed by atoms with Crippen molar-refractivity contribution in [1.29, 1.82) is 0 Å². The van der Waals surface area contributed by atoms with Gasteiger partial charge < -0.3 is 10.6 Å². The molecule has 2 rings (SSSR count). The first-order chi connectivity index (χ1) is 8.61. The molecular formula is C14H22BrN3. The van der Waals surface area contributed by atoms with Gasteiger partial charge in [-0.15, -0.1) is 0 Å². The van der Waals surface area contributed by atoms with Gasteiger partial charge in [0.05, 0.1) is 0 Å². The van der Waals surface area contributed by atoms with Gasteiger partial charge in [0.25, 0.3) is 0 Å². The molecule has 3 nitrogen and oxygen atoms in total. The minimum absolute atomic E-state index is 0.342. The zero-order valence-electron chi connectivity index (χ0n) is 11.1. The molecule has 2 N–H and O–H groups in total. The van der Waals surface area contributed by atoms with Gasteiger partial charge in [-0.1, -0.05) is 28.1 Å². The first kappa shape index (κ1) is 14.0. The van der Waals surface area contributed by atoms with E-state index in [4.69, 9.17) is 5.73 Å². The smallest absolute Gasteiger partial charge is 0.0471 e. The predicted octanol–water partition coefficient (Wildman–Crippen LogP) is 2.08. The van der Waals surface area contributed by atoms with Crippen molar-refractivity contribution >= 4 is 15.9 Å². The summed E-state index contributed by atoms with van der Waals surface area (Å²) >= 11 is 3.48. The lowest BCUT2D eigenvalue weighted by Crippen LogP contribution is -2.52. The Morgan fingerprint density at radius 2 is 2.00 bits per heavy atom. The lowest BCUT2D eigenvalue weighted by atomic mass is 10.0. The molecule has 0 spiro atoms. The first-order valence-electron chi connectivity index (χ1n) is 6.51. The van der Waals surface area contributed by atoms with E-state index >= 15 is 0 Å². The van der Waals surface area contributed by atoms with Crippen molar-refractivity contribution in [3.05, 3.63) is 34.3 Å². The van der Waals surface area contributed by atoms with E-state index < -0.39 is 0 Å². The zero-order chi connectivity index (χ0) is 13.1. The minimum atomic E-state index is 0.342. The number of nitrogens with zero attached hydrogens (tertiary/aromatic N) is 2. The van der Waals surface area contributed by atoms with Gasteiger partial charge >= 0.3 is 0 Å². The van der Waals surface area contributed by atoms with Crippen molar-refractivity contribution < 1.29 is 0 Å². The van der Waals surface area contributed by atoms with Crippen molar-refractivity contribution in [1.82, 2.24) is 9.80 Å². The highest BCUT2D eigenvalue weighted by Crippen LogP contribution is 2.24. The molecule has 1 heterocycles. The molecule has 2 atom stereocenters. The Balaban J connectivity index is 2.11. The number of hydrogen-bond donors (Lipinski definition) is 1. The fraction of sp³-hybridized carbons (Fsp3) is 0.571. The standard InChI is InChI=1S/C14H22BrN3/c1-11-10-18(8-7-17(11)2)14(9-16)12-3-5-13(15)6-4-12/h3-6,11,14H,7-10,16H2,1-2H3. The van der Waals surface area contributed by atoms with Crippen LogP contribution in [0.4, 0.5) is 0 Å². The Morgan fingerprint density at radius 3 is 2.56 bits per heavy atom. The van der Waals surface area contributed by atoms with Crippen LogP contribution in [-0.2, 0) is 0 Å². The predicted molar refractivity (Wildman–Crippen MR) is 79.6 cm³/mol. The van der Waals surface area contributed by atoms with E-state index in [-0.39, 0.29) is 0 Å². The van der Waals surface area contributed by atoms with Gasteiger partial charge in [0.1, 0.15) is 0 Å². The fourth-order valence-electron chi connectivity index (χ4n) is 2.54. The van der Waals surface area contributed by atoms with Crippen LogP contribution in [0.3, 0.4) is 0 Å². The van der Waals surface area contributed by atoms with Crippen molar-refractivity contribution in [3.63, 3.8) is 0 Å². The average Bonchev–Trinajstić information content (AvgIpc) is 2.37. The van der Waals surface area contributed by atoms with E-state index in [0.29, 0.717) is 18.6 Å². The normalized spacial score (nSPS) is 24.1. The lowest BCUT2D eigenvalue weighted by Gasteiger charge is -2.41. The van der Waals surface area contributed by atoms with Crippen molar-refractivity contribution in [2.24, 2.45) is 5.73 Å². The third-order valence-corrected chi connectivity index (χ3v) is 4.44. The van der Waals surface area contributed by atoms with Gasteiger partial charge in [0.15, 0.2) is 0 Å². The third kappa shape index (κ3) is 3.12. The molecular weight excluding hydrogens is 290 g/mol. The molecule has 1 saturated heterocycles. The van der Waals surface area contributed by atoms with Crippen LogP contribution in [0.1, 0.15) is 18.5 Å². The quantitative estimate of drug-likeness (QED) is 0.927. The molecule has 0 saturated carbocycles.